The van der Waals surface area contributed by atoms with E-state index in [4.69, 9.17) is 8.92 Å². The van der Waals surface area contributed by atoms with Crippen LogP contribution >= 0.6 is 0 Å². The molecule has 1 aromatic rings. The van der Waals surface area contributed by atoms with E-state index in [0.717, 1.165) is 11.8 Å². The molecule has 1 unspecified atom stereocenters. The first-order chi connectivity index (χ1) is 10.2. The maximum Gasteiger partial charge on any atom is 0.264 e. The van der Waals surface area contributed by atoms with Crippen molar-refractivity contribution in [3.05, 3.63) is 35.9 Å². The molecule has 22 heavy (non-hydrogen) atoms. The van der Waals surface area contributed by atoms with Crippen LogP contribution in [0, 0.1) is 11.8 Å². The summed E-state index contributed by atoms with van der Waals surface area (Å²) < 4.78 is 33.2. The van der Waals surface area contributed by atoms with Gasteiger partial charge in [0.25, 0.3) is 10.1 Å². The van der Waals surface area contributed by atoms with Crippen molar-refractivity contribution in [2.75, 3.05) is 12.9 Å². The summed E-state index contributed by atoms with van der Waals surface area (Å²) in [7, 11) is -3.53. The SMILES string of the molecule is CC(C)(C)OCC(CC#CCc1ccccc1)OS(C)(=O)=O. The van der Waals surface area contributed by atoms with Crippen molar-refractivity contribution in [3.8, 4) is 11.8 Å². The Bertz CT molecular complexity index is 604. The molecule has 0 amide bonds. The van der Waals surface area contributed by atoms with Crippen molar-refractivity contribution in [1.29, 1.82) is 0 Å². The Balaban J connectivity index is 2.57. The highest BCUT2D eigenvalue weighted by Crippen LogP contribution is 2.11. The molecule has 122 valence electrons. The Labute approximate surface area is 134 Å². The Morgan fingerprint density at radius 1 is 1.14 bits per heavy atom. The molecule has 1 atom stereocenters. The first-order valence-electron chi connectivity index (χ1n) is 7.17. The monoisotopic (exact) mass is 324 g/mol. The van der Waals surface area contributed by atoms with Gasteiger partial charge in [0.2, 0.25) is 0 Å². The molecule has 5 heteroatoms. The molecular weight excluding hydrogens is 300 g/mol. The van der Waals surface area contributed by atoms with Crippen molar-refractivity contribution in [2.24, 2.45) is 0 Å². The fourth-order valence-electron chi connectivity index (χ4n) is 1.66. The lowest BCUT2D eigenvalue weighted by molar-refractivity contribution is -0.0390. The van der Waals surface area contributed by atoms with Crippen LogP contribution in [-0.2, 0) is 25.5 Å². The van der Waals surface area contributed by atoms with E-state index in [9.17, 15) is 8.42 Å². The zero-order valence-electron chi connectivity index (χ0n) is 13.6. The molecule has 0 aliphatic carbocycles. The molecule has 1 aromatic carbocycles. The predicted molar refractivity (Wildman–Crippen MR) is 88.0 cm³/mol. The molecular formula is C17H24O4S. The van der Waals surface area contributed by atoms with Crippen molar-refractivity contribution in [3.63, 3.8) is 0 Å². The molecule has 0 aliphatic heterocycles. The highest BCUT2D eigenvalue weighted by atomic mass is 32.2. The lowest BCUT2D eigenvalue weighted by atomic mass is 10.1. The van der Waals surface area contributed by atoms with Crippen LogP contribution in [0.25, 0.3) is 0 Å². The minimum Gasteiger partial charge on any atom is -0.373 e. The van der Waals surface area contributed by atoms with E-state index in [0.29, 0.717) is 12.8 Å². The van der Waals surface area contributed by atoms with Gasteiger partial charge in [-0.15, -0.1) is 5.92 Å². The average Bonchev–Trinajstić information content (AvgIpc) is 2.39. The summed E-state index contributed by atoms with van der Waals surface area (Å²) in [5, 5.41) is 0. The Hall–Kier alpha value is -1.35. The molecule has 0 N–H and O–H groups in total. The van der Waals surface area contributed by atoms with Gasteiger partial charge in [-0.1, -0.05) is 36.3 Å². The second-order valence-electron chi connectivity index (χ2n) is 6.07. The highest BCUT2D eigenvalue weighted by molar-refractivity contribution is 7.86. The lowest BCUT2D eigenvalue weighted by Crippen LogP contribution is -2.29. The van der Waals surface area contributed by atoms with Gasteiger partial charge in [0.15, 0.2) is 0 Å². The maximum atomic E-state index is 11.3. The first-order valence-corrected chi connectivity index (χ1v) is 8.99. The Kier molecular flexibility index (Phi) is 7.08. The van der Waals surface area contributed by atoms with Crippen LogP contribution in [0.1, 0.15) is 32.8 Å². The minimum atomic E-state index is -3.53. The summed E-state index contributed by atoms with van der Waals surface area (Å²) in [6.07, 6.45) is 1.40. The van der Waals surface area contributed by atoms with Crippen molar-refractivity contribution in [1.82, 2.24) is 0 Å². The zero-order chi connectivity index (χ0) is 16.6. The first kappa shape index (κ1) is 18.7. The summed E-state index contributed by atoms with van der Waals surface area (Å²) in [5.74, 6) is 6.01. The number of hydrogen-bond donors (Lipinski definition) is 0. The van der Waals surface area contributed by atoms with E-state index < -0.39 is 16.2 Å². The fourth-order valence-corrected chi connectivity index (χ4v) is 2.28. The average molecular weight is 324 g/mol. The molecule has 0 saturated heterocycles. The van der Waals surface area contributed by atoms with E-state index in [-0.39, 0.29) is 12.2 Å². The van der Waals surface area contributed by atoms with Gasteiger partial charge in [-0.2, -0.15) is 8.42 Å². The smallest absolute Gasteiger partial charge is 0.264 e. The maximum absolute atomic E-state index is 11.3. The number of rotatable bonds is 6. The van der Waals surface area contributed by atoms with E-state index >= 15 is 0 Å². The molecule has 0 spiro atoms. The van der Waals surface area contributed by atoms with Crippen LogP contribution in [0.4, 0.5) is 0 Å². The van der Waals surface area contributed by atoms with Gasteiger partial charge in [-0.25, -0.2) is 0 Å². The van der Waals surface area contributed by atoms with E-state index in [2.05, 4.69) is 11.8 Å². The second-order valence-corrected chi connectivity index (χ2v) is 7.67. The topological polar surface area (TPSA) is 52.6 Å². The van der Waals surface area contributed by atoms with Gasteiger partial charge in [0.05, 0.1) is 18.5 Å². The van der Waals surface area contributed by atoms with Crippen molar-refractivity contribution < 1.29 is 17.3 Å². The summed E-state index contributed by atoms with van der Waals surface area (Å²) in [6, 6.07) is 9.88. The molecule has 0 saturated carbocycles. The molecule has 0 aromatic heterocycles. The molecule has 1 rings (SSSR count). The van der Waals surface area contributed by atoms with Gasteiger partial charge >= 0.3 is 0 Å². The molecule has 4 nitrogen and oxygen atoms in total. The summed E-state index contributed by atoms with van der Waals surface area (Å²) >= 11 is 0. The van der Waals surface area contributed by atoms with E-state index in [1.165, 1.54) is 0 Å². The Morgan fingerprint density at radius 3 is 2.32 bits per heavy atom. The molecule has 0 fully saturated rings. The van der Waals surface area contributed by atoms with Crippen molar-refractivity contribution in [2.45, 2.75) is 45.3 Å². The summed E-state index contributed by atoms with van der Waals surface area (Å²) in [4.78, 5) is 0. The standard InChI is InChI=1S/C17H24O4S/c1-17(2,3)20-14-16(21-22(4,18)19)13-9-8-12-15-10-6-5-7-11-15/h5-7,10-11,16H,12-14H2,1-4H3. The van der Waals surface area contributed by atoms with Gasteiger partial charge < -0.3 is 4.74 Å². The summed E-state index contributed by atoms with van der Waals surface area (Å²) in [6.45, 7) is 5.92. The van der Waals surface area contributed by atoms with Crippen LogP contribution in [0.5, 0.6) is 0 Å². The quantitative estimate of drug-likeness (QED) is 0.596. The number of ether oxygens (including phenoxy) is 1. The molecule has 0 bridgehead atoms. The zero-order valence-corrected chi connectivity index (χ0v) is 14.4. The van der Waals surface area contributed by atoms with Gasteiger partial charge in [0, 0.05) is 12.8 Å². The fraction of sp³-hybridized carbons (Fsp3) is 0.529. The number of benzene rings is 1. The highest BCUT2D eigenvalue weighted by Gasteiger charge is 2.19. The van der Waals surface area contributed by atoms with E-state index in [1.54, 1.807) is 0 Å². The normalized spacial score (nSPS) is 13.3. The third-order valence-electron chi connectivity index (χ3n) is 2.60. The number of hydrogen-bond acceptors (Lipinski definition) is 4. The van der Waals surface area contributed by atoms with Crippen LogP contribution in [-0.4, -0.2) is 33.0 Å². The largest absolute Gasteiger partial charge is 0.373 e. The Morgan fingerprint density at radius 2 is 1.77 bits per heavy atom. The van der Waals surface area contributed by atoms with Crippen LogP contribution < -0.4 is 0 Å². The van der Waals surface area contributed by atoms with Gasteiger partial charge in [-0.05, 0) is 26.3 Å². The van der Waals surface area contributed by atoms with Gasteiger partial charge in [0.1, 0.15) is 6.10 Å². The predicted octanol–water partition coefficient (Wildman–Crippen LogP) is 2.78. The summed E-state index contributed by atoms with van der Waals surface area (Å²) in [5.41, 5.74) is 0.776. The minimum absolute atomic E-state index is 0.191. The molecule has 0 radical (unpaired) electrons. The molecule has 0 aliphatic rings. The molecule has 0 heterocycles. The van der Waals surface area contributed by atoms with Crippen molar-refractivity contribution >= 4 is 10.1 Å². The third kappa shape index (κ3) is 9.56. The van der Waals surface area contributed by atoms with Crippen LogP contribution in [0.15, 0.2) is 30.3 Å². The van der Waals surface area contributed by atoms with Crippen LogP contribution in [0.2, 0.25) is 0 Å². The lowest BCUT2D eigenvalue weighted by Gasteiger charge is -2.23. The van der Waals surface area contributed by atoms with E-state index in [1.807, 2.05) is 51.1 Å². The third-order valence-corrected chi connectivity index (χ3v) is 3.22. The second kappa shape index (κ2) is 8.33. The van der Waals surface area contributed by atoms with Crippen LogP contribution in [0.3, 0.4) is 0 Å². The van der Waals surface area contributed by atoms with Gasteiger partial charge in [-0.3, -0.25) is 4.18 Å².